The van der Waals surface area contributed by atoms with E-state index < -0.39 is 15.8 Å². The maximum atomic E-state index is 14.1. The van der Waals surface area contributed by atoms with Gasteiger partial charge in [-0.25, -0.2) is 22.2 Å². The van der Waals surface area contributed by atoms with Gasteiger partial charge in [0.2, 0.25) is 0 Å². The summed E-state index contributed by atoms with van der Waals surface area (Å²) in [6, 6.07) is 16.2. The van der Waals surface area contributed by atoms with Gasteiger partial charge in [-0.15, -0.1) is 11.3 Å². The first kappa shape index (κ1) is 20.5. The number of thiazole rings is 1. The van der Waals surface area contributed by atoms with Crippen molar-refractivity contribution in [3.8, 4) is 21.8 Å². The molecule has 0 bridgehead atoms. The van der Waals surface area contributed by atoms with E-state index in [0.29, 0.717) is 21.8 Å². The van der Waals surface area contributed by atoms with Gasteiger partial charge in [0.1, 0.15) is 16.6 Å². The summed E-state index contributed by atoms with van der Waals surface area (Å²) >= 11 is 6.97. The summed E-state index contributed by atoms with van der Waals surface area (Å²) in [5.41, 5.74) is 1.66. The van der Waals surface area contributed by atoms with Gasteiger partial charge in [-0.1, -0.05) is 41.9 Å². The first-order valence-corrected chi connectivity index (χ1v) is 11.4. The normalized spacial score (nSPS) is 11.4. The molecule has 0 atom stereocenters. The van der Waals surface area contributed by atoms with Crippen LogP contribution in [0.5, 0.6) is 0 Å². The quantitative estimate of drug-likeness (QED) is 0.383. The average Bonchev–Trinajstić information content (AvgIpc) is 3.20. The molecular formula is C21H13ClF2N2O2S2. The van der Waals surface area contributed by atoms with Gasteiger partial charge in [0, 0.05) is 16.5 Å². The van der Waals surface area contributed by atoms with Gasteiger partial charge in [-0.2, -0.15) is 0 Å². The molecule has 4 rings (SSSR count). The molecular weight excluding hydrogens is 450 g/mol. The molecule has 9 heteroatoms. The maximum absolute atomic E-state index is 14.1. The summed E-state index contributed by atoms with van der Waals surface area (Å²) in [5.74, 6) is -1.10. The summed E-state index contributed by atoms with van der Waals surface area (Å²) in [7, 11) is -4.02. The van der Waals surface area contributed by atoms with Crippen molar-refractivity contribution in [2.24, 2.45) is 0 Å². The molecule has 0 aliphatic carbocycles. The van der Waals surface area contributed by atoms with E-state index in [9.17, 15) is 17.2 Å². The zero-order valence-electron chi connectivity index (χ0n) is 15.1. The zero-order valence-corrected chi connectivity index (χ0v) is 17.5. The molecule has 3 aromatic carbocycles. The van der Waals surface area contributed by atoms with Crippen LogP contribution in [0.3, 0.4) is 0 Å². The van der Waals surface area contributed by atoms with Crippen molar-refractivity contribution >= 4 is 38.6 Å². The van der Waals surface area contributed by atoms with Crippen LogP contribution >= 0.6 is 22.9 Å². The van der Waals surface area contributed by atoms with Crippen LogP contribution in [0.25, 0.3) is 21.8 Å². The number of benzene rings is 3. The van der Waals surface area contributed by atoms with Gasteiger partial charge < -0.3 is 0 Å². The summed E-state index contributed by atoms with van der Waals surface area (Å²) in [5, 5.41) is 1.91. The first-order valence-electron chi connectivity index (χ1n) is 8.63. The van der Waals surface area contributed by atoms with Gasteiger partial charge in [0.05, 0.1) is 21.3 Å². The van der Waals surface area contributed by atoms with Crippen LogP contribution in [-0.2, 0) is 10.0 Å². The number of para-hydroxylation sites is 1. The number of aromatic nitrogens is 1. The minimum Gasteiger partial charge on any atom is -0.279 e. The Bertz CT molecular complexity index is 1340. The van der Waals surface area contributed by atoms with Crippen molar-refractivity contribution in [2.45, 2.75) is 4.90 Å². The fourth-order valence-corrected chi connectivity index (χ4v) is 5.00. The average molecular weight is 463 g/mol. The fourth-order valence-electron chi connectivity index (χ4n) is 2.80. The van der Waals surface area contributed by atoms with E-state index in [1.165, 1.54) is 17.4 Å². The second kappa shape index (κ2) is 8.14. The molecule has 0 spiro atoms. The fraction of sp³-hybridized carbons (Fsp3) is 0. The second-order valence-corrected chi connectivity index (χ2v) is 9.19. The lowest BCUT2D eigenvalue weighted by Crippen LogP contribution is -2.13. The third kappa shape index (κ3) is 4.07. The summed E-state index contributed by atoms with van der Waals surface area (Å²) in [6.45, 7) is 0. The van der Waals surface area contributed by atoms with Crippen LogP contribution in [0.2, 0.25) is 5.02 Å². The van der Waals surface area contributed by atoms with Crippen molar-refractivity contribution in [1.82, 2.24) is 4.98 Å². The van der Waals surface area contributed by atoms with Gasteiger partial charge in [-0.3, -0.25) is 4.72 Å². The van der Waals surface area contributed by atoms with E-state index in [-0.39, 0.29) is 21.4 Å². The zero-order chi connectivity index (χ0) is 21.3. The van der Waals surface area contributed by atoms with Crippen LogP contribution in [0.4, 0.5) is 14.5 Å². The monoisotopic (exact) mass is 462 g/mol. The highest BCUT2D eigenvalue weighted by molar-refractivity contribution is 7.92. The molecule has 0 unspecified atom stereocenters. The van der Waals surface area contributed by atoms with Gasteiger partial charge in [0.25, 0.3) is 10.0 Å². The molecule has 1 aromatic heterocycles. The number of sulfonamides is 1. The maximum Gasteiger partial charge on any atom is 0.261 e. The van der Waals surface area contributed by atoms with Gasteiger partial charge in [0.15, 0.2) is 0 Å². The number of hydrogen-bond donors (Lipinski definition) is 1. The Morgan fingerprint density at radius 2 is 1.60 bits per heavy atom. The van der Waals surface area contributed by atoms with E-state index >= 15 is 0 Å². The molecule has 0 aliphatic rings. The van der Waals surface area contributed by atoms with Crippen molar-refractivity contribution in [3.05, 3.63) is 88.8 Å². The van der Waals surface area contributed by atoms with E-state index in [1.54, 1.807) is 47.8 Å². The number of hydrogen-bond acceptors (Lipinski definition) is 4. The van der Waals surface area contributed by atoms with Crippen LogP contribution in [0.15, 0.2) is 77.0 Å². The molecule has 0 saturated heterocycles. The standard InChI is InChI=1S/C21H13ClF2N2O2S2/c22-16-11-13(9-10-18(16)24)30(27,28)26-19-8-4-2-6-15(19)20-12-29-21(25-20)14-5-1-3-7-17(14)23/h1-12,26H. The predicted octanol–water partition coefficient (Wildman–Crippen LogP) is 6.21. The van der Waals surface area contributed by atoms with Crippen LogP contribution in [-0.4, -0.2) is 13.4 Å². The highest BCUT2D eigenvalue weighted by atomic mass is 35.5. The van der Waals surface area contributed by atoms with Gasteiger partial charge >= 0.3 is 0 Å². The Labute approximate surface area is 180 Å². The van der Waals surface area contributed by atoms with Crippen molar-refractivity contribution in [1.29, 1.82) is 0 Å². The molecule has 152 valence electrons. The van der Waals surface area contributed by atoms with E-state index in [0.717, 1.165) is 18.2 Å². The van der Waals surface area contributed by atoms with E-state index in [2.05, 4.69) is 9.71 Å². The molecule has 0 aliphatic heterocycles. The van der Waals surface area contributed by atoms with E-state index in [1.807, 2.05) is 0 Å². The molecule has 1 heterocycles. The molecule has 30 heavy (non-hydrogen) atoms. The third-order valence-corrected chi connectivity index (χ3v) is 6.79. The number of halogens is 3. The van der Waals surface area contributed by atoms with E-state index in [4.69, 9.17) is 11.6 Å². The number of rotatable bonds is 5. The summed E-state index contributed by atoms with van der Waals surface area (Å²) < 4.78 is 55.5. The van der Waals surface area contributed by atoms with Crippen molar-refractivity contribution in [2.75, 3.05) is 4.72 Å². The summed E-state index contributed by atoms with van der Waals surface area (Å²) in [4.78, 5) is 4.30. The van der Waals surface area contributed by atoms with Crippen molar-refractivity contribution in [3.63, 3.8) is 0 Å². The largest absolute Gasteiger partial charge is 0.279 e. The molecule has 4 aromatic rings. The predicted molar refractivity (Wildman–Crippen MR) is 115 cm³/mol. The van der Waals surface area contributed by atoms with Crippen LogP contribution in [0.1, 0.15) is 0 Å². The Kier molecular flexibility index (Phi) is 5.55. The summed E-state index contributed by atoms with van der Waals surface area (Å²) in [6.07, 6.45) is 0. The number of nitrogens with zero attached hydrogens (tertiary/aromatic N) is 1. The number of nitrogens with one attached hydrogen (secondary N) is 1. The Hall–Kier alpha value is -2.81. The number of anilines is 1. The lowest BCUT2D eigenvalue weighted by molar-refractivity contribution is 0.599. The topological polar surface area (TPSA) is 59.1 Å². The Morgan fingerprint density at radius 1 is 0.900 bits per heavy atom. The molecule has 1 N–H and O–H groups in total. The SMILES string of the molecule is O=S(=O)(Nc1ccccc1-c1csc(-c2ccccc2F)n1)c1ccc(F)c(Cl)c1. The first-order chi connectivity index (χ1) is 14.3. The lowest BCUT2D eigenvalue weighted by atomic mass is 10.1. The highest BCUT2D eigenvalue weighted by Gasteiger charge is 2.19. The third-order valence-electron chi connectivity index (χ3n) is 4.26. The smallest absolute Gasteiger partial charge is 0.261 e. The lowest BCUT2D eigenvalue weighted by Gasteiger charge is -2.12. The van der Waals surface area contributed by atoms with Gasteiger partial charge in [-0.05, 0) is 36.4 Å². The van der Waals surface area contributed by atoms with Crippen LogP contribution < -0.4 is 4.72 Å². The Morgan fingerprint density at radius 3 is 2.33 bits per heavy atom. The minimum absolute atomic E-state index is 0.172. The molecule has 0 radical (unpaired) electrons. The molecule has 0 saturated carbocycles. The second-order valence-electron chi connectivity index (χ2n) is 6.24. The molecule has 4 nitrogen and oxygen atoms in total. The Balaban J connectivity index is 1.70. The highest BCUT2D eigenvalue weighted by Crippen LogP contribution is 2.34. The van der Waals surface area contributed by atoms with Crippen LogP contribution in [0, 0.1) is 11.6 Å². The molecule has 0 amide bonds. The molecule has 0 fully saturated rings. The van der Waals surface area contributed by atoms with Crippen molar-refractivity contribution < 1.29 is 17.2 Å². The minimum atomic E-state index is -4.02.